The third kappa shape index (κ3) is 5.28. The van der Waals surface area contributed by atoms with Crippen LogP contribution in [-0.4, -0.2) is 70.4 Å². The zero-order valence-electron chi connectivity index (χ0n) is 18.1. The normalized spacial score (nSPS) is 16.0. The molecule has 0 unspecified atom stereocenters. The van der Waals surface area contributed by atoms with Gasteiger partial charge in [0, 0.05) is 37.3 Å². The molecule has 1 amide bonds. The number of amides is 1. The second-order valence-corrected chi connectivity index (χ2v) is 8.38. The van der Waals surface area contributed by atoms with Crippen molar-refractivity contribution >= 4 is 34.4 Å². The van der Waals surface area contributed by atoms with E-state index in [4.69, 9.17) is 11.6 Å². The van der Waals surface area contributed by atoms with Crippen molar-refractivity contribution in [3.63, 3.8) is 0 Å². The molecule has 2 aromatic heterocycles. The third-order valence-corrected chi connectivity index (χ3v) is 5.53. The number of H-pyrrole nitrogens is 1. The summed E-state index contributed by atoms with van der Waals surface area (Å²) in [4.78, 5) is 28.2. The lowest BCUT2D eigenvalue weighted by Crippen LogP contribution is -2.30. The molecule has 8 heteroatoms. The van der Waals surface area contributed by atoms with Gasteiger partial charge >= 0.3 is 0 Å². The van der Waals surface area contributed by atoms with Crippen molar-refractivity contribution in [1.29, 1.82) is 0 Å². The van der Waals surface area contributed by atoms with Gasteiger partial charge in [-0.25, -0.2) is 9.97 Å². The van der Waals surface area contributed by atoms with Crippen molar-refractivity contribution in [2.24, 2.45) is 0 Å². The Morgan fingerprint density at radius 2 is 2.19 bits per heavy atom. The predicted molar refractivity (Wildman–Crippen MR) is 128 cm³/mol. The van der Waals surface area contributed by atoms with E-state index in [-0.39, 0.29) is 11.9 Å². The zero-order chi connectivity index (χ0) is 22.5. The molecule has 1 aromatic carbocycles. The Hall–Kier alpha value is -3.34. The molecule has 1 aliphatic heterocycles. The molecule has 1 fully saturated rings. The number of nitrogens with zero attached hydrogens (tertiary/aromatic N) is 4. The summed E-state index contributed by atoms with van der Waals surface area (Å²) in [5, 5.41) is 4.96. The van der Waals surface area contributed by atoms with Gasteiger partial charge in [0.2, 0.25) is 5.91 Å². The first kappa shape index (κ1) is 21.9. The number of aromatic nitrogens is 3. The van der Waals surface area contributed by atoms with Crippen LogP contribution in [-0.2, 0) is 4.79 Å². The number of hydrogen-bond acceptors (Lipinski definition) is 5. The fourth-order valence-corrected chi connectivity index (χ4v) is 3.74. The summed E-state index contributed by atoms with van der Waals surface area (Å²) in [7, 11) is 3.95. The van der Waals surface area contributed by atoms with E-state index in [9.17, 15) is 4.79 Å². The summed E-state index contributed by atoms with van der Waals surface area (Å²) in [6.07, 6.45) is 5.93. The van der Waals surface area contributed by atoms with E-state index in [1.165, 1.54) is 6.33 Å². The Labute approximate surface area is 192 Å². The molecule has 1 atom stereocenters. The number of rotatable bonds is 5. The van der Waals surface area contributed by atoms with E-state index in [0.29, 0.717) is 17.2 Å². The largest absolute Gasteiger partial charge is 0.365 e. The van der Waals surface area contributed by atoms with Crippen LogP contribution in [0.3, 0.4) is 0 Å². The maximum Gasteiger partial charge on any atom is 0.246 e. The van der Waals surface area contributed by atoms with Gasteiger partial charge in [-0.15, -0.1) is 0 Å². The fraction of sp³-hybridized carbons (Fsp3) is 0.292. The first-order valence-electron chi connectivity index (χ1n) is 10.5. The van der Waals surface area contributed by atoms with Crippen molar-refractivity contribution in [1.82, 2.24) is 24.8 Å². The summed E-state index contributed by atoms with van der Waals surface area (Å²) in [5.41, 5.74) is 2.22. The van der Waals surface area contributed by atoms with Gasteiger partial charge in [0.05, 0.1) is 16.1 Å². The zero-order valence-corrected chi connectivity index (χ0v) is 18.9. The van der Waals surface area contributed by atoms with Crippen LogP contribution >= 0.6 is 11.6 Å². The first-order chi connectivity index (χ1) is 15.5. The second kappa shape index (κ2) is 9.86. The third-order valence-electron chi connectivity index (χ3n) is 5.20. The number of hydrogen-bond donors (Lipinski definition) is 2. The minimum absolute atomic E-state index is 0.0442. The molecule has 0 radical (unpaired) electrons. The highest BCUT2D eigenvalue weighted by Gasteiger charge is 2.25. The highest BCUT2D eigenvalue weighted by molar-refractivity contribution is 6.31. The van der Waals surface area contributed by atoms with Gasteiger partial charge in [-0.3, -0.25) is 4.79 Å². The minimum atomic E-state index is 0.0442. The average molecular weight is 449 g/mol. The molecule has 0 bridgehead atoms. The quantitative estimate of drug-likeness (QED) is 0.463. The molecule has 3 heterocycles. The maximum atomic E-state index is 12.4. The molecule has 2 N–H and O–H groups in total. The number of carbonyl (C=O) groups excluding carboxylic acids is 1. The summed E-state index contributed by atoms with van der Waals surface area (Å²) in [6.45, 7) is 2.11. The molecule has 164 valence electrons. The van der Waals surface area contributed by atoms with Crippen molar-refractivity contribution in [2.45, 2.75) is 12.5 Å². The number of anilines is 1. The predicted octanol–water partition coefficient (Wildman–Crippen LogP) is 3.14. The van der Waals surface area contributed by atoms with Crippen LogP contribution in [0, 0.1) is 11.8 Å². The van der Waals surface area contributed by atoms with Gasteiger partial charge < -0.3 is 20.1 Å². The molecule has 7 nitrogen and oxygen atoms in total. The van der Waals surface area contributed by atoms with Gasteiger partial charge in [-0.1, -0.05) is 35.7 Å². The Morgan fingerprint density at radius 3 is 3.00 bits per heavy atom. The minimum Gasteiger partial charge on any atom is -0.365 e. The van der Waals surface area contributed by atoms with Gasteiger partial charge in [0.1, 0.15) is 17.8 Å². The van der Waals surface area contributed by atoms with Crippen LogP contribution in [0.2, 0.25) is 5.02 Å². The molecule has 1 saturated heterocycles. The average Bonchev–Trinajstić information content (AvgIpc) is 3.40. The Bertz CT molecular complexity index is 1210. The molecule has 4 rings (SSSR count). The number of benzene rings is 1. The van der Waals surface area contributed by atoms with Crippen LogP contribution in [0.5, 0.6) is 0 Å². The second-order valence-electron chi connectivity index (χ2n) is 7.98. The van der Waals surface area contributed by atoms with Crippen LogP contribution in [0.25, 0.3) is 11.0 Å². The Balaban J connectivity index is 1.45. The standard InChI is InChI=1S/C24H25ClN6O/c1-30(2)12-5-8-22(32)31-13-11-19(15-31)29-24-20-14-18(28-23(20)26-16-27-24)10-9-17-6-3-4-7-21(17)25/h3-8,14,16,19H,11-13,15H2,1-2H3,(H2,26,27,28,29)/b8-5+/t19-/m1/s1. The lowest BCUT2D eigenvalue weighted by atomic mass is 10.2. The number of fused-ring (bicyclic) bond motifs is 1. The summed E-state index contributed by atoms with van der Waals surface area (Å²) in [6, 6.07) is 9.55. The van der Waals surface area contributed by atoms with Crippen LogP contribution in [0.15, 0.2) is 48.8 Å². The first-order valence-corrected chi connectivity index (χ1v) is 10.8. The lowest BCUT2D eigenvalue weighted by Gasteiger charge is -2.16. The van der Waals surface area contributed by atoms with Gasteiger partial charge in [0.25, 0.3) is 0 Å². The van der Waals surface area contributed by atoms with E-state index in [2.05, 4.69) is 32.1 Å². The number of likely N-dealkylation sites (tertiary alicyclic amines) is 1. The van der Waals surface area contributed by atoms with Crippen molar-refractivity contribution in [3.05, 3.63) is 65.1 Å². The Morgan fingerprint density at radius 1 is 1.34 bits per heavy atom. The lowest BCUT2D eigenvalue weighted by molar-refractivity contribution is -0.125. The molecule has 0 saturated carbocycles. The summed E-state index contributed by atoms with van der Waals surface area (Å²) < 4.78 is 0. The molecule has 3 aromatic rings. The van der Waals surface area contributed by atoms with Crippen molar-refractivity contribution in [2.75, 3.05) is 39.0 Å². The SMILES string of the molecule is CN(C)C/C=C/C(=O)N1CC[C@@H](Nc2ncnc3[nH]c(C#Cc4ccccc4Cl)cc23)C1. The number of halogens is 1. The van der Waals surface area contributed by atoms with Crippen molar-refractivity contribution in [3.8, 4) is 11.8 Å². The molecule has 0 aliphatic carbocycles. The van der Waals surface area contributed by atoms with Crippen LogP contribution in [0.1, 0.15) is 17.7 Å². The highest BCUT2D eigenvalue weighted by Crippen LogP contribution is 2.23. The molecular formula is C24H25ClN6O. The summed E-state index contributed by atoms with van der Waals surface area (Å²) >= 11 is 6.19. The smallest absolute Gasteiger partial charge is 0.246 e. The summed E-state index contributed by atoms with van der Waals surface area (Å²) in [5.74, 6) is 6.98. The van der Waals surface area contributed by atoms with Crippen LogP contribution in [0.4, 0.5) is 5.82 Å². The van der Waals surface area contributed by atoms with Gasteiger partial charge in [-0.2, -0.15) is 0 Å². The van der Waals surface area contributed by atoms with E-state index in [1.54, 1.807) is 6.08 Å². The highest BCUT2D eigenvalue weighted by atomic mass is 35.5. The van der Waals surface area contributed by atoms with E-state index >= 15 is 0 Å². The van der Waals surface area contributed by atoms with E-state index < -0.39 is 0 Å². The maximum absolute atomic E-state index is 12.4. The number of nitrogens with one attached hydrogen (secondary N) is 2. The van der Waals surface area contributed by atoms with E-state index in [0.717, 1.165) is 42.0 Å². The van der Waals surface area contributed by atoms with E-state index in [1.807, 2.05) is 60.3 Å². The number of aromatic amines is 1. The topological polar surface area (TPSA) is 77.2 Å². The number of likely N-dealkylation sites (N-methyl/N-ethyl adjacent to an activating group) is 1. The molecule has 32 heavy (non-hydrogen) atoms. The molecular weight excluding hydrogens is 424 g/mol. The Kier molecular flexibility index (Phi) is 6.74. The van der Waals surface area contributed by atoms with Gasteiger partial charge in [0.15, 0.2) is 0 Å². The van der Waals surface area contributed by atoms with Crippen molar-refractivity contribution < 1.29 is 4.79 Å². The van der Waals surface area contributed by atoms with Crippen LogP contribution < -0.4 is 5.32 Å². The molecule has 0 spiro atoms. The monoisotopic (exact) mass is 448 g/mol. The van der Waals surface area contributed by atoms with Gasteiger partial charge in [-0.05, 0) is 44.6 Å². The molecule has 1 aliphatic rings. The number of carbonyl (C=O) groups is 1. The fourth-order valence-electron chi connectivity index (χ4n) is 3.56.